The van der Waals surface area contributed by atoms with E-state index >= 15 is 0 Å². The van der Waals surface area contributed by atoms with Crippen molar-refractivity contribution in [3.05, 3.63) is 60.4 Å². The van der Waals surface area contributed by atoms with Crippen molar-refractivity contribution in [1.82, 2.24) is 20.5 Å². The molecule has 2 N–H and O–H groups in total. The molecule has 0 saturated carbocycles. The van der Waals surface area contributed by atoms with Crippen LogP contribution in [0.4, 0.5) is 5.82 Å². The average Bonchev–Trinajstić information content (AvgIpc) is 3.36. The molecular formula is C20H23N5O. The van der Waals surface area contributed by atoms with Gasteiger partial charge in [0.1, 0.15) is 11.6 Å². The number of H-pyrrole nitrogens is 1. The van der Waals surface area contributed by atoms with Gasteiger partial charge >= 0.3 is 0 Å². The molecule has 1 aliphatic rings. The number of benzene rings is 1. The third-order valence-electron chi connectivity index (χ3n) is 4.84. The van der Waals surface area contributed by atoms with Crippen molar-refractivity contribution in [2.45, 2.75) is 19.0 Å². The van der Waals surface area contributed by atoms with Gasteiger partial charge in [-0.3, -0.25) is 5.10 Å². The zero-order valence-electron chi connectivity index (χ0n) is 14.9. The summed E-state index contributed by atoms with van der Waals surface area (Å²) in [7, 11) is 1.68. The van der Waals surface area contributed by atoms with Crippen LogP contribution in [0.15, 0.2) is 54.9 Å². The van der Waals surface area contributed by atoms with E-state index in [4.69, 9.17) is 4.74 Å². The lowest BCUT2D eigenvalue weighted by Gasteiger charge is -2.17. The fourth-order valence-electron chi connectivity index (χ4n) is 3.38. The standard InChI is InChI=1S/C20H23N5O/c1-26-18-7-5-15(6-8-18)20-16(13-23-24-20)12-22-17-9-11-25(14-17)19-4-2-3-10-21-19/h2-8,10,13,17,22H,9,11-12,14H2,1H3,(H,23,24). The number of pyridine rings is 1. The second-order valence-corrected chi connectivity index (χ2v) is 6.50. The van der Waals surface area contributed by atoms with E-state index in [9.17, 15) is 0 Å². The van der Waals surface area contributed by atoms with Crippen LogP contribution in [0.1, 0.15) is 12.0 Å². The van der Waals surface area contributed by atoms with Gasteiger partial charge in [0.25, 0.3) is 0 Å². The minimum atomic E-state index is 0.454. The van der Waals surface area contributed by atoms with Gasteiger partial charge in [-0.25, -0.2) is 4.98 Å². The fourth-order valence-corrected chi connectivity index (χ4v) is 3.38. The molecular weight excluding hydrogens is 326 g/mol. The van der Waals surface area contributed by atoms with Crippen LogP contribution in [0.25, 0.3) is 11.3 Å². The molecule has 134 valence electrons. The Labute approximate surface area is 153 Å². The van der Waals surface area contributed by atoms with E-state index in [0.29, 0.717) is 6.04 Å². The van der Waals surface area contributed by atoms with E-state index in [1.807, 2.05) is 48.8 Å². The predicted octanol–water partition coefficient (Wildman–Crippen LogP) is 2.85. The number of aromatic amines is 1. The zero-order valence-corrected chi connectivity index (χ0v) is 14.9. The number of rotatable bonds is 6. The number of anilines is 1. The second-order valence-electron chi connectivity index (χ2n) is 6.50. The molecule has 2 aromatic heterocycles. The molecule has 1 aromatic carbocycles. The van der Waals surface area contributed by atoms with E-state index in [1.54, 1.807) is 7.11 Å². The molecule has 6 nitrogen and oxygen atoms in total. The van der Waals surface area contributed by atoms with Crippen molar-refractivity contribution in [1.29, 1.82) is 0 Å². The molecule has 4 rings (SSSR count). The van der Waals surface area contributed by atoms with Crippen molar-refractivity contribution < 1.29 is 4.74 Å². The minimum Gasteiger partial charge on any atom is -0.497 e. The number of nitrogens with one attached hydrogen (secondary N) is 2. The molecule has 3 aromatic rings. The normalized spacial score (nSPS) is 16.8. The topological polar surface area (TPSA) is 66.1 Å². The highest BCUT2D eigenvalue weighted by Crippen LogP contribution is 2.24. The number of nitrogens with zero attached hydrogens (tertiary/aromatic N) is 3. The first kappa shape index (κ1) is 16.6. The van der Waals surface area contributed by atoms with Crippen molar-refractivity contribution >= 4 is 5.82 Å². The monoisotopic (exact) mass is 349 g/mol. The summed E-state index contributed by atoms with van der Waals surface area (Å²) >= 11 is 0. The first-order valence-corrected chi connectivity index (χ1v) is 8.89. The third-order valence-corrected chi connectivity index (χ3v) is 4.84. The Balaban J connectivity index is 1.38. The van der Waals surface area contributed by atoms with Crippen LogP contribution in [-0.4, -0.2) is 41.4 Å². The van der Waals surface area contributed by atoms with Crippen molar-refractivity contribution in [3.8, 4) is 17.0 Å². The Morgan fingerprint density at radius 3 is 2.88 bits per heavy atom. The average molecular weight is 349 g/mol. The highest BCUT2D eigenvalue weighted by Gasteiger charge is 2.23. The van der Waals surface area contributed by atoms with Gasteiger partial charge in [-0.1, -0.05) is 6.07 Å². The number of methoxy groups -OCH3 is 1. The van der Waals surface area contributed by atoms with E-state index in [2.05, 4.69) is 31.5 Å². The second kappa shape index (κ2) is 7.58. The molecule has 1 atom stereocenters. The number of hydrogen-bond donors (Lipinski definition) is 2. The molecule has 3 heterocycles. The largest absolute Gasteiger partial charge is 0.497 e. The summed E-state index contributed by atoms with van der Waals surface area (Å²) in [6.07, 6.45) is 4.87. The number of ether oxygens (including phenoxy) is 1. The van der Waals surface area contributed by atoms with Crippen LogP contribution < -0.4 is 15.0 Å². The zero-order chi connectivity index (χ0) is 17.8. The van der Waals surface area contributed by atoms with Crippen molar-refractivity contribution in [2.75, 3.05) is 25.1 Å². The lowest BCUT2D eigenvalue weighted by Crippen LogP contribution is -2.32. The Kier molecular flexibility index (Phi) is 4.84. The smallest absolute Gasteiger partial charge is 0.128 e. The molecule has 1 aliphatic heterocycles. The molecule has 1 fully saturated rings. The van der Waals surface area contributed by atoms with Crippen LogP contribution in [0.5, 0.6) is 5.75 Å². The maximum Gasteiger partial charge on any atom is 0.128 e. The summed E-state index contributed by atoms with van der Waals surface area (Å²) in [5, 5.41) is 11.0. The molecule has 0 radical (unpaired) electrons. The third kappa shape index (κ3) is 3.55. The SMILES string of the molecule is COc1ccc(-c2[nH]ncc2CNC2CCN(c3ccccn3)C2)cc1. The van der Waals surface area contributed by atoms with Gasteiger partial charge in [-0.05, 0) is 42.8 Å². The van der Waals surface area contributed by atoms with Gasteiger partial charge in [0.2, 0.25) is 0 Å². The summed E-state index contributed by atoms with van der Waals surface area (Å²) in [4.78, 5) is 6.78. The van der Waals surface area contributed by atoms with E-state index in [1.165, 1.54) is 5.56 Å². The molecule has 0 bridgehead atoms. The summed E-state index contributed by atoms with van der Waals surface area (Å²) in [6, 6.07) is 14.5. The van der Waals surface area contributed by atoms with Gasteiger partial charge in [0, 0.05) is 43.0 Å². The molecule has 6 heteroatoms. The van der Waals surface area contributed by atoms with Gasteiger partial charge in [0.15, 0.2) is 0 Å². The first-order chi connectivity index (χ1) is 12.8. The van der Waals surface area contributed by atoms with Crippen molar-refractivity contribution in [3.63, 3.8) is 0 Å². The maximum atomic E-state index is 5.23. The van der Waals surface area contributed by atoms with Gasteiger partial charge in [0.05, 0.1) is 19.0 Å². The lowest BCUT2D eigenvalue weighted by molar-refractivity contribution is 0.415. The van der Waals surface area contributed by atoms with Crippen LogP contribution in [0, 0.1) is 0 Å². The van der Waals surface area contributed by atoms with E-state index in [-0.39, 0.29) is 0 Å². The summed E-state index contributed by atoms with van der Waals surface area (Å²) < 4.78 is 5.23. The highest BCUT2D eigenvalue weighted by molar-refractivity contribution is 5.63. The Hall–Kier alpha value is -2.86. The fraction of sp³-hybridized carbons (Fsp3) is 0.300. The molecule has 26 heavy (non-hydrogen) atoms. The van der Waals surface area contributed by atoms with Crippen LogP contribution in [-0.2, 0) is 6.54 Å². The van der Waals surface area contributed by atoms with Crippen LogP contribution >= 0.6 is 0 Å². The maximum absolute atomic E-state index is 5.23. The Morgan fingerprint density at radius 2 is 2.12 bits per heavy atom. The number of hydrogen-bond acceptors (Lipinski definition) is 5. The predicted molar refractivity (Wildman–Crippen MR) is 102 cm³/mol. The summed E-state index contributed by atoms with van der Waals surface area (Å²) in [6.45, 7) is 2.80. The Morgan fingerprint density at radius 1 is 1.23 bits per heavy atom. The summed E-state index contributed by atoms with van der Waals surface area (Å²) in [5.74, 6) is 1.91. The van der Waals surface area contributed by atoms with Gasteiger partial charge in [-0.15, -0.1) is 0 Å². The van der Waals surface area contributed by atoms with E-state index in [0.717, 1.165) is 48.9 Å². The molecule has 1 unspecified atom stereocenters. The first-order valence-electron chi connectivity index (χ1n) is 8.89. The Bertz CT molecular complexity index is 831. The molecule has 1 saturated heterocycles. The van der Waals surface area contributed by atoms with Crippen molar-refractivity contribution in [2.24, 2.45) is 0 Å². The van der Waals surface area contributed by atoms with Gasteiger partial charge in [-0.2, -0.15) is 5.10 Å². The molecule has 0 spiro atoms. The van der Waals surface area contributed by atoms with E-state index < -0.39 is 0 Å². The number of aromatic nitrogens is 3. The molecule has 0 aliphatic carbocycles. The summed E-state index contributed by atoms with van der Waals surface area (Å²) in [5.41, 5.74) is 3.34. The van der Waals surface area contributed by atoms with Gasteiger partial charge < -0.3 is 15.0 Å². The molecule has 0 amide bonds. The highest BCUT2D eigenvalue weighted by atomic mass is 16.5. The quantitative estimate of drug-likeness (QED) is 0.716. The lowest BCUT2D eigenvalue weighted by atomic mass is 10.1. The van der Waals surface area contributed by atoms with Crippen LogP contribution in [0.2, 0.25) is 0 Å². The van der Waals surface area contributed by atoms with Crippen LogP contribution in [0.3, 0.4) is 0 Å². The minimum absolute atomic E-state index is 0.454.